The number of Topliss-reactive ketones (excluding diaryl/α,β-unsaturated/α-hetero) is 1. The van der Waals surface area contributed by atoms with Crippen molar-refractivity contribution in [3.8, 4) is 17.2 Å². The molecule has 2 aliphatic rings. The molecule has 0 aliphatic carbocycles. The Labute approximate surface area is 219 Å². The van der Waals surface area contributed by atoms with Crippen LogP contribution in [-0.4, -0.2) is 54.4 Å². The molecule has 2 aromatic rings. The van der Waals surface area contributed by atoms with Crippen molar-refractivity contribution >= 4 is 35.4 Å². The monoisotopic (exact) mass is 554 g/mol. The van der Waals surface area contributed by atoms with E-state index in [0.29, 0.717) is 25.8 Å². The van der Waals surface area contributed by atoms with E-state index in [4.69, 9.17) is 25.8 Å². The number of amides is 2. The summed E-state index contributed by atoms with van der Waals surface area (Å²) in [5.74, 6) is -9.94. The van der Waals surface area contributed by atoms with E-state index >= 15 is 0 Å². The Morgan fingerprint density at radius 2 is 1.84 bits per heavy atom. The zero-order valence-corrected chi connectivity index (χ0v) is 20.6. The molecule has 0 radical (unpaired) electrons. The highest BCUT2D eigenvalue weighted by atomic mass is 35.5. The van der Waals surface area contributed by atoms with Crippen LogP contribution in [0.25, 0.3) is 0 Å². The standard InChI is InChI=1S/C25H22ClF3N2O7/c26-14-6-1-2-7-19(14)37-25(35)31-8-4-3-5-13(11-31)24(34)30-17-10-20(33)38-22-16(28)9-15(27)21(29)23(22)36-12-18(17)32/h1-2,6-7,9,13,17H,3-5,8,10-12H2,(H,30,34)/t13?,17-/m0/s1. The van der Waals surface area contributed by atoms with Crippen molar-refractivity contribution < 1.29 is 46.6 Å². The highest BCUT2D eigenvalue weighted by molar-refractivity contribution is 6.32. The van der Waals surface area contributed by atoms with Gasteiger partial charge >= 0.3 is 12.1 Å². The number of nitrogens with zero attached hydrogens (tertiary/aromatic N) is 1. The number of carbonyl (C=O) groups is 4. The second kappa shape index (κ2) is 11.7. The van der Waals surface area contributed by atoms with Gasteiger partial charge in [-0.05, 0) is 25.0 Å². The van der Waals surface area contributed by atoms with Crippen molar-refractivity contribution in [1.29, 1.82) is 0 Å². The van der Waals surface area contributed by atoms with E-state index in [1.54, 1.807) is 18.2 Å². The van der Waals surface area contributed by atoms with Crippen molar-refractivity contribution in [2.24, 2.45) is 5.92 Å². The number of carbonyl (C=O) groups excluding carboxylic acids is 4. The summed E-state index contributed by atoms with van der Waals surface area (Å²) in [6, 6.07) is 5.13. The molecule has 1 saturated heterocycles. The normalized spacial score (nSPS) is 20.1. The molecule has 0 bridgehead atoms. The van der Waals surface area contributed by atoms with Gasteiger partial charge in [-0.15, -0.1) is 0 Å². The van der Waals surface area contributed by atoms with E-state index < -0.39 is 77.7 Å². The van der Waals surface area contributed by atoms with Crippen molar-refractivity contribution in [3.63, 3.8) is 0 Å². The molecule has 2 aliphatic heterocycles. The zero-order valence-electron chi connectivity index (χ0n) is 19.8. The van der Waals surface area contributed by atoms with E-state index in [0.717, 1.165) is 0 Å². The van der Waals surface area contributed by atoms with Crippen molar-refractivity contribution in [2.45, 2.75) is 31.7 Å². The Hall–Kier alpha value is -3.80. The summed E-state index contributed by atoms with van der Waals surface area (Å²) < 4.78 is 56.9. The molecule has 2 aromatic carbocycles. The van der Waals surface area contributed by atoms with E-state index in [-0.39, 0.29) is 23.4 Å². The molecule has 2 atom stereocenters. The SMILES string of the molecule is O=C1C[C@H](NC(=O)C2CCCCN(C(=O)Oc3ccccc3Cl)C2)C(=O)COc2c(F)c(F)cc(F)c2O1. The van der Waals surface area contributed by atoms with Gasteiger partial charge in [0.1, 0.15) is 12.6 Å². The van der Waals surface area contributed by atoms with Gasteiger partial charge in [-0.3, -0.25) is 14.4 Å². The van der Waals surface area contributed by atoms with Crippen LogP contribution >= 0.6 is 11.6 Å². The third kappa shape index (κ3) is 6.18. The molecule has 0 spiro atoms. The summed E-state index contributed by atoms with van der Waals surface area (Å²) in [7, 11) is 0. The van der Waals surface area contributed by atoms with Gasteiger partial charge in [0.2, 0.25) is 23.2 Å². The summed E-state index contributed by atoms with van der Waals surface area (Å²) in [6.07, 6.45) is 0.150. The Bertz CT molecular complexity index is 1280. The van der Waals surface area contributed by atoms with Gasteiger partial charge in [-0.1, -0.05) is 30.2 Å². The Kier molecular flexibility index (Phi) is 8.40. The van der Waals surface area contributed by atoms with Gasteiger partial charge in [-0.2, -0.15) is 4.39 Å². The second-order valence-corrected chi connectivity index (χ2v) is 9.15. The molecule has 13 heteroatoms. The lowest BCUT2D eigenvalue weighted by Crippen LogP contribution is -2.49. The van der Waals surface area contributed by atoms with Crippen LogP contribution < -0.4 is 19.5 Å². The molecular formula is C25H22ClF3N2O7. The van der Waals surface area contributed by atoms with Crippen molar-refractivity contribution in [3.05, 3.63) is 52.8 Å². The Balaban J connectivity index is 1.44. The summed E-state index contributed by atoms with van der Waals surface area (Å²) in [5, 5.41) is 2.69. The molecule has 2 heterocycles. The number of fused-ring (bicyclic) bond motifs is 1. The lowest BCUT2D eigenvalue weighted by molar-refractivity contribution is -0.138. The largest absolute Gasteiger partial charge is 0.479 e. The second-order valence-electron chi connectivity index (χ2n) is 8.74. The molecule has 2 amide bonds. The maximum absolute atomic E-state index is 14.1. The quantitative estimate of drug-likeness (QED) is 0.349. The number of nitrogens with one attached hydrogen (secondary N) is 1. The summed E-state index contributed by atoms with van der Waals surface area (Å²) in [6.45, 7) is -0.602. The molecule has 4 rings (SSSR count). The van der Waals surface area contributed by atoms with E-state index in [2.05, 4.69) is 5.32 Å². The highest BCUT2D eigenvalue weighted by Gasteiger charge is 2.34. The highest BCUT2D eigenvalue weighted by Crippen LogP contribution is 2.36. The van der Waals surface area contributed by atoms with Gasteiger partial charge in [-0.25, -0.2) is 13.6 Å². The van der Waals surface area contributed by atoms with Crippen LogP contribution in [0.4, 0.5) is 18.0 Å². The molecule has 9 nitrogen and oxygen atoms in total. The van der Waals surface area contributed by atoms with E-state index in [9.17, 15) is 32.3 Å². The first-order valence-corrected chi connectivity index (χ1v) is 12.1. The summed E-state index contributed by atoms with van der Waals surface area (Å²) in [4.78, 5) is 52.2. The van der Waals surface area contributed by atoms with Gasteiger partial charge in [0.05, 0.1) is 17.4 Å². The minimum absolute atomic E-state index is 0.0296. The maximum Gasteiger partial charge on any atom is 0.415 e. The number of ketones is 1. The van der Waals surface area contributed by atoms with Crippen LogP contribution in [0.3, 0.4) is 0 Å². The number of ether oxygens (including phenoxy) is 3. The fraction of sp³-hybridized carbons (Fsp3) is 0.360. The topological polar surface area (TPSA) is 111 Å². The molecule has 0 aromatic heterocycles. The van der Waals surface area contributed by atoms with E-state index in [1.165, 1.54) is 11.0 Å². The minimum Gasteiger partial charge on any atom is -0.479 e. The van der Waals surface area contributed by atoms with Crippen molar-refractivity contribution in [2.75, 3.05) is 19.7 Å². The third-order valence-corrected chi connectivity index (χ3v) is 6.38. The van der Waals surface area contributed by atoms with Crippen molar-refractivity contribution in [1.82, 2.24) is 10.2 Å². The fourth-order valence-electron chi connectivity index (χ4n) is 4.09. The molecule has 0 saturated carbocycles. The van der Waals surface area contributed by atoms with Gasteiger partial charge in [0, 0.05) is 19.2 Å². The molecule has 1 N–H and O–H groups in total. The number of hydrogen-bond donors (Lipinski definition) is 1. The van der Waals surface area contributed by atoms with Crippen LogP contribution in [0.1, 0.15) is 25.7 Å². The molecule has 202 valence electrons. The van der Waals surface area contributed by atoms with Crippen LogP contribution in [0.2, 0.25) is 5.02 Å². The van der Waals surface area contributed by atoms with Crippen LogP contribution in [0, 0.1) is 23.4 Å². The first-order valence-electron chi connectivity index (χ1n) is 11.7. The molecule has 1 fully saturated rings. The number of halogens is 4. The molecule has 38 heavy (non-hydrogen) atoms. The smallest absolute Gasteiger partial charge is 0.415 e. The number of esters is 1. The summed E-state index contributed by atoms with van der Waals surface area (Å²) in [5.41, 5.74) is 0. The number of benzene rings is 2. The van der Waals surface area contributed by atoms with E-state index in [1.807, 2.05) is 0 Å². The zero-order chi connectivity index (χ0) is 27.4. The lowest BCUT2D eigenvalue weighted by Gasteiger charge is -2.25. The third-order valence-electron chi connectivity index (χ3n) is 6.07. The predicted molar refractivity (Wildman–Crippen MR) is 125 cm³/mol. The van der Waals surface area contributed by atoms with Gasteiger partial charge < -0.3 is 24.4 Å². The number of para-hydroxylation sites is 1. The Morgan fingerprint density at radius 3 is 2.61 bits per heavy atom. The van der Waals surface area contributed by atoms with Crippen LogP contribution in [0.15, 0.2) is 30.3 Å². The number of hydrogen-bond acceptors (Lipinski definition) is 7. The lowest BCUT2D eigenvalue weighted by atomic mass is 10.0. The minimum atomic E-state index is -1.63. The molecule has 1 unspecified atom stereocenters. The average molecular weight is 555 g/mol. The first-order chi connectivity index (χ1) is 18.1. The average Bonchev–Trinajstić information content (AvgIpc) is 3.11. The molecular weight excluding hydrogens is 533 g/mol. The van der Waals surface area contributed by atoms with Gasteiger partial charge in [0.15, 0.2) is 23.2 Å². The number of likely N-dealkylation sites (tertiary alicyclic amines) is 1. The Morgan fingerprint density at radius 1 is 1.08 bits per heavy atom. The maximum atomic E-state index is 14.1. The van der Waals surface area contributed by atoms with Crippen LogP contribution in [0.5, 0.6) is 17.2 Å². The van der Waals surface area contributed by atoms with Gasteiger partial charge in [0.25, 0.3) is 0 Å². The first kappa shape index (κ1) is 27.2. The van der Waals surface area contributed by atoms with Crippen LogP contribution in [-0.2, 0) is 14.4 Å². The fourth-order valence-corrected chi connectivity index (χ4v) is 4.26. The predicted octanol–water partition coefficient (Wildman–Crippen LogP) is 3.80. The summed E-state index contributed by atoms with van der Waals surface area (Å²) >= 11 is 6.04. The number of rotatable bonds is 3.